The van der Waals surface area contributed by atoms with Crippen molar-refractivity contribution in [3.05, 3.63) is 22.9 Å². The van der Waals surface area contributed by atoms with Crippen molar-refractivity contribution in [1.82, 2.24) is 14.5 Å². The molecule has 2 fully saturated rings. The van der Waals surface area contributed by atoms with E-state index in [2.05, 4.69) is 5.32 Å². The molecule has 0 unspecified atom stereocenters. The summed E-state index contributed by atoms with van der Waals surface area (Å²) in [6, 6.07) is 0.494. The van der Waals surface area contributed by atoms with Crippen LogP contribution in [-0.4, -0.2) is 22.2 Å². The van der Waals surface area contributed by atoms with Gasteiger partial charge in [-0.25, -0.2) is 4.79 Å². The molecule has 1 aromatic rings. The second-order valence-corrected chi connectivity index (χ2v) is 5.06. The molecule has 0 saturated heterocycles. The summed E-state index contributed by atoms with van der Waals surface area (Å²) in [6.45, 7) is 2.83. The maximum Gasteiger partial charge on any atom is 0.328 e. The molecule has 1 aromatic heterocycles. The smallest absolute Gasteiger partial charge is 0.315 e. The Morgan fingerprint density at radius 3 is 2.75 bits per heavy atom. The Labute approximate surface area is 95.3 Å². The molecule has 88 valence electrons. The van der Waals surface area contributed by atoms with E-state index in [0.717, 1.165) is 25.6 Å². The fourth-order valence-electron chi connectivity index (χ4n) is 2.06. The molecule has 0 aromatic carbocycles. The lowest BCUT2D eigenvalue weighted by Crippen LogP contribution is -2.29. The summed E-state index contributed by atoms with van der Waals surface area (Å²) in [6.07, 6.45) is 8.95. The molecule has 0 bridgehead atoms. The summed E-state index contributed by atoms with van der Waals surface area (Å²) in [7, 11) is 0. The minimum absolute atomic E-state index is 0.163. The Bertz CT molecular complexity index is 412. The molecule has 0 amide bonds. The summed E-state index contributed by atoms with van der Waals surface area (Å²) < 4.78 is 3.69. The average molecular weight is 221 g/mol. The molecule has 3 rings (SSSR count). The summed E-state index contributed by atoms with van der Waals surface area (Å²) in [5, 5.41) is 3.41. The highest BCUT2D eigenvalue weighted by Crippen LogP contribution is 2.33. The second kappa shape index (κ2) is 4.09. The van der Waals surface area contributed by atoms with Crippen molar-refractivity contribution >= 4 is 0 Å². The zero-order valence-corrected chi connectivity index (χ0v) is 9.56. The Balaban J connectivity index is 1.50. The van der Waals surface area contributed by atoms with Gasteiger partial charge in [0.05, 0.1) is 0 Å². The molecule has 16 heavy (non-hydrogen) atoms. The van der Waals surface area contributed by atoms with E-state index in [9.17, 15) is 4.79 Å². The quantitative estimate of drug-likeness (QED) is 0.727. The third kappa shape index (κ3) is 2.21. The molecule has 2 aliphatic rings. The van der Waals surface area contributed by atoms with Crippen LogP contribution in [0.1, 0.15) is 31.7 Å². The summed E-state index contributed by atoms with van der Waals surface area (Å²) in [5.74, 6) is 0.910. The van der Waals surface area contributed by atoms with Crippen LogP contribution in [0.5, 0.6) is 0 Å². The average Bonchev–Trinajstić information content (AvgIpc) is 3.15. The van der Waals surface area contributed by atoms with Crippen molar-refractivity contribution in [3.8, 4) is 0 Å². The molecule has 1 heterocycles. The van der Waals surface area contributed by atoms with Gasteiger partial charge < -0.3 is 5.32 Å². The number of aromatic nitrogens is 2. The fraction of sp³-hybridized carbons (Fsp3) is 0.750. The number of nitrogens with one attached hydrogen (secondary N) is 1. The van der Waals surface area contributed by atoms with Gasteiger partial charge in [0, 0.05) is 31.5 Å². The van der Waals surface area contributed by atoms with Crippen molar-refractivity contribution in [2.75, 3.05) is 13.1 Å². The van der Waals surface area contributed by atoms with Crippen LogP contribution >= 0.6 is 0 Å². The highest BCUT2D eigenvalue weighted by Gasteiger charge is 2.25. The number of imidazole rings is 1. The maximum absolute atomic E-state index is 11.9. The third-order valence-corrected chi connectivity index (χ3v) is 3.47. The van der Waals surface area contributed by atoms with Gasteiger partial charge in [-0.1, -0.05) is 0 Å². The van der Waals surface area contributed by atoms with Crippen LogP contribution in [0.4, 0.5) is 0 Å². The summed E-state index contributed by atoms with van der Waals surface area (Å²) in [4.78, 5) is 11.9. The first-order chi connectivity index (χ1) is 7.84. The fourth-order valence-corrected chi connectivity index (χ4v) is 2.06. The van der Waals surface area contributed by atoms with Crippen LogP contribution in [-0.2, 0) is 6.54 Å². The van der Waals surface area contributed by atoms with Gasteiger partial charge >= 0.3 is 5.69 Å². The Kier molecular flexibility index (Phi) is 2.59. The molecule has 0 aliphatic heterocycles. The van der Waals surface area contributed by atoms with E-state index in [4.69, 9.17) is 0 Å². The Morgan fingerprint density at radius 1 is 1.25 bits per heavy atom. The first-order valence-electron chi connectivity index (χ1n) is 6.32. The zero-order valence-electron chi connectivity index (χ0n) is 9.56. The van der Waals surface area contributed by atoms with Crippen molar-refractivity contribution in [1.29, 1.82) is 0 Å². The van der Waals surface area contributed by atoms with Crippen molar-refractivity contribution < 1.29 is 0 Å². The third-order valence-electron chi connectivity index (χ3n) is 3.47. The molecular formula is C12H19N3O. The van der Waals surface area contributed by atoms with E-state index in [1.54, 1.807) is 0 Å². The molecule has 0 radical (unpaired) electrons. The minimum atomic E-state index is 0.163. The molecule has 2 aliphatic carbocycles. The molecule has 0 spiro atoms. The predicted octanol–water partition coefficient (Wildman–Crippen LogP) is 0.984. The van der Waals surface area contributed by atoms with E-state index in [-0.39, 0.29) is 5.69 Å². The van der Waals surface area contributed by atoms with Gasteiger partial charge in [-0.2, -0.15) is 0 Å². The predicted molar refractivity (Wildman–Crippen MR) is 62.6 cm³/mol. The molecular weight excluding hydrogens is 202 g/mol. The normalized spacial score (nSPS) is 20.2. The highest BCUT2D eigenvalue weighted by molar-refractivity contribution is 4.91. The van der Waals surface area contributed by atoms with Crippen LogP contribution in [0.15, 0.2) is 17.2 Å². The maximum atomic E-state index is 11.9. The van der Waals surface area contributed by atoms with Crippen molar-refractivity contribution in [3.63, 3.8) is 0 Å². The summed E-state index contributed by atoms with van der Waals surface area (Å²) >= 11 is 0. The molecule has 4 nitrogen and oxygen atoms in total. The van der Waals surface area contributed by atoms with Crippen LogP contribution in [0, 0.1) is 5.92 Å². The topological polar surface area (TPSA) is 39.0 Å². The monoisotopic (exact) mass is 221 g/mol. The van der Waals surface area contributed by atoms with E-state index in [0.29, 0.717) is 6.04 Å². The van der Waals surface area contributed by atoms with E-state index >= 15 is 0 Å². The lowest BCUT2D eigenvalue weighted by Gasteiger charge is -2.03. The first-order valence-corrected chi connectivity index (χ1v) is 6.32. The van der Waals surface area contributed by atoms with Crippen LogP contribution in [0.2, 0.25) is 0 Å². The van der Waals surface area contributed by atoms with E-state index in [1.807, 2.05) is 21.5 Å². The lowest BCUT2D eigenvalue weighted by molar-refractivity contribution is 0.554. The SMILES string of the molecule is O=c1n(CCNCC2CC2)ccn1C1CC1. The van der Waals surface area contributed by atoms with Crippen LogP contribution in [0.25, 0.3) is 0 Å². The van der Waals surface area contributed by atoms with Gasteiger partial charge in [0.2, 0.25) is 0 Å². The van der Waals surface area contributed by atoms with Gasteiger partial charge in [0.25, 0.3) is 0 Å². The van der Waals surface area contributed by atoms with Gasteiger partial charge in [-0.3, -0.25) is 9.13 Å². The van der Waals surface area contributed by atoms with Gasteiger partial charge in [-0.05, 0) is 38.1 Å². The largest absolute Gasteiger partial charge is 0.328 e. The van der Waals surface area contributed by atoms with E-state index in [1.165, 1.54) is 25.7 Å². The molecule has 2 saturated carbocycles. The second-order valence-electron chi connectivity index (χ2n) is 5.06. The molecule has 4 heteroatoms. The van der Waals surface area contributed by atoms with Crippen LogP contribution in [0.3, 0.4) is 0 Å². The Morgan fingerprint density at radius 2 is 2.06 bits per heavy atom. The lowest BCUT2D eigenvalue weighted by atomic mass is 10.4. The van der Waals surface area contributed by atoms with Crippen LogP contribution < -0.4 is 11.0 Å². The summed E-state index contributed by atoms with van der Waals surface area (Å²) in [5.41, 5.74) is 0.163. The van der Waals surface area contributed by atoms with Gasteiger partial charge in [0.1, 0.15) is 0 Å². The molecule has 0 atom stereocenters. The number of hydrogen-bond donors (Lipinski definition) is 1. The van der Waals surface area contributed by atoms with E-state index < -0.39 is 0 Å². The minimum Gasteiger partial charge on any atom is -0.315 e. The molecule has 1 N–H and O–H groups in total. The number of nitrogens with zero attached hydrogens (tertiary/aromatic N) is 2. The van der Waals surface area contributed by atoms with Crippen molar-refractivity contribution in [2.24, 2.45) is 5.92 Å². The standard InChI is InChI=1S/C12H19N3O/c16-12-14(6-5-13-9-10-1-2-10)7-8-15(12)11-3-4-11/h7-8,10-11,13H,1-6,9H2. The Hall–Kier alpha value is -1.03. The van der Waals surface area contributed by atoms with Crippen molar-refractivity contribution in [2.45, 2.75) is 38.3 Å². The van der Waals surface area contributed by atoms with Gasteiger partial charge in [-0.15, -0.1) is 0 Å². The highest BCUT2D eigenvalue weighted by atomic mass is 16.1. The number of rotatable bonds is 6. The number of hydrogen-bond acceptors (Lipinski definition) is 2. The van der Waals surface area contributed by atoms with Gasteiger partial charge in [0.15, 0.2) is 0 Å². The zero-order chi connectivity index (χ0) is 11.0. The first kappa shape index (κ1) is 10.1.